The average molecular weight is 245 g/mol. The van der Waals surface area contributed by atoms with Crippen LogP contribution in [0, 0.1) is 0 Å². The summed E-state index contributed by atoms with van der Waals surface area (Å²) < 4.78 is 1.77. The highest BCUT2D eigenvalue weighted by Gasteiger charge is 2.20. The van der Waals surface area contributed by atoms with Crippen LogP contribution >= 0.6 is 0 Å². The Labute approximate surface area is 107 Å². The SMILES string of the molecule is CN1CCCCC1Cc1nc2ccc(N)cn2n1. The Morgan fingerprint density at radius 3 is 3.11 bits per heavy atom. The first-order valence-electron chi connectivity index (χ1n) is 6.53. The molecule has 0 spiro atoms. The fraction of sp³-hybridized carbons (Fsp3) is 0.538. The van der Waals surface area contributed by atoms with Crippen LogP contribution in [0.3, 0.4) is 0 Å². The minimum Gasteiger partial charge on any atom is -0.397 e. The summed E-state index contributed by atoms with van der Waals surface area (Å²) in [6, 6.07) is 4.35. The van der Waals surface area contributed by atoms with Gasteiger partial charge in [0.05, 0.1) is 11.9 Å². The van der Waals surface area contributed by atoms with Crippen molar-refractivity contribution in [1.29, 1.82) is 0 Å². The minimum absolute atomic E-state index is 0.577. The van der Waals surface area contributed by atoms with E-state index in [1.807, 2.05) is 18.3 Å². The lowest BCUT2D eigenvalue weighted by Crippen LogP contribution is -2.37. The Morgan fingerprint density at radius 2 is 2.28 bits per heavy atom. The molecule has 0 aliphatic carbocycles. The van der Waals surface area contributed by atoms with Crippen molar-refractivity contribution in [3.05, 3.63) is 24.2 Å². The highest BCUT2D eigenvalue weighted by Crippen LogP contribution is 2.18. The third-order valence-corrected chi connectivity index (χ3v) is 3.74. The van der Waals surface area contributed by atoms with Crippen LogP contribution in [0.5, 0.6) is 0 Å². The van der Waals surface area contributed by atoms with Crippen LogP contribution in [-0.4, -0.2) is 39.1 Å². The van der Waals surface area contributed by atoms with Crippen molar-refractivity contribution < 1.29 is 0 Å². The van der Waals surface area contributed by atoms with E-state index in [2.05, 4.69) is 22.0 Å². The van der Waals surface area contributed by atoms with Gasteiger partial charge in [0.25, 0.3) is 0 Å². The lowest BCUT2D eigenvalue weighted by Gasteiger charge is -2.31. The summed E-state index contributed by atoms with van der Waals surface area (Å²) >= 11 is 0. The van der Waals surface area contributed by atoms with Gasteiger partial charge in [0, 0.05) is 12.5 Å². The molecular weight excluding hydrogens is 226 g/mol. The molecule has 0 saturated carbocycles. The number of rotatable bonds is 2. The van der Waals surface area contributed by atoms with E-state index >= 15 is 0 Å². The molecule has 3 rings (SSSR count). The van der Waals surface area contributed by atoms with Gasteiger partial charge in [-0.2, -0.15) is 5.10 Å². The van der Waals surface area contributed by atoms with E-state index in [9.17, 15) is 0 Å². The lowest BCUT2D eigenvalue weighted by atomic mass is 10.00. The Kier molecular flexibility index (Phi) is 2.91. The van der Waals surface area contributed by atoms with Crippen molar-refractivity contribution >= 4 is 11.3 Å². The Balaban J connectivity index is 1.81. The number of hydrogen-bond donors (Lipinski definition) is 1. The molecular formula is C13H19N5. The van der Waals surface area contributed by atoms with Crippen LogP contribution < -0.4 is 5.73 Å². The molecule has 1 saturated heterocycles. The average Bonchev–Trinajstić information content (AvgIpc) is 2.73. The van der Waals surface area contributed by atoms with Crippen LogP contribution in [0.2, 0.25) is 0 Å². The van der Waals surface area contributed by atoms with Crippen molar-refractivity contribution in [2.24, 2.45) is 0 Å². The normalized spacial score (nSPS) is 21.5. The van der Waals surface area contributed by atoms with Gasteiger partial charge in [-0.05, 0) is 38.6 Å². The first-order chi connectivity index (χ1) is 8.72. The molecule has 0 radical (unpaired) electrons. The summed E-state index contributed by atoms with van der Waals surface area (Å²) in [7, 11) is 2.19. The molecule has 1 fully saturated rings. The summed E-state index contributed by atoms with van der Waals surface area (Å²) in [5.74, 6) is 0.916. The first kappa shape index (κ1) is 11.5. The number of fused-ring (bicyclic) bond motifs is 1. The summed E-state index contributed by atoms with van der Waals surface area (Å²) in [5.41, 5.74) is 7.33. The predicted molar refractivity (Wildman–Crippen MR) is 71.4 cm³/mol. The van der Waals surface area contributed by atoms with E-state index in [1.54, 1.807) is 4.52 Å². The van der Waals surface area contributed by atoms with Gasteiger partial charge >= 0.3 is 0 Å². The second-order valence-electron chi connectivity index (χ2n) is 5.13. The van der Waals surface area contributed by atoms with E-state index in [1.165, 1.54) is 25.8 Å². The topological polar surface area (TPSA) is 59.5 Å². The maximum absolute atomic E-state index is 5.74. The van der Waals surface area contributed by atoms with Crippen molar-refractivity contribution in [2.45, 2.75) is 31.7 Å². The number of nitrogens with two attached hydrogens (primary N) is 1. The molecule has 5 heteroatoms. The molecule has 3 heterocycles. The van der Waals surface area contributed by atoms with E-state index in [0.29, 0.717) is 11.7 Å². The van der Waals surface area contributed by atoms with Crippen molar-refractivity contribution in [1.82, 2.24) is 19.5 Å². The summed E-state index contributed by atoms with van der Waals surface area (Å²) in [6.45, 7) is 1.19. The molecule has 1 atom stereocenters. The molecule has 1 aliphatic heterocycles. The van der Waals surface area contributed by atoms with Gasteiger partial charge in [0.2, 0.25) is 0 Å². The molecule has 2 N–H and O–H groups in total. The zero-order valence-corrected chi connectivity index (χ0v) is 10.7. The van der Waals surface area contributed by atoms with E-state index in [-0.39, 0.29) is 0 Å². The van der Waals surface area contributed by atoms with Crippen LogP contribution in [0.1, 0.15) is 25.1 Å². The second-order valence-corrected chi connectivity index (χ2v) is 5.13. The van der Waals surface area contributed by atoms with Crippen LogP contribution in [0.25, 0.3) is 5.65 Å². The number of anilines is 1. The molecule has 96 valence electrons. The molecule has 5 nitrogen and oxygen atoms in total. The highest BCUT2D eigenvalue weighted by molar-refractivity contribution is 5.46. The summed E-state index contributed by atoms with van der Waals surface area (Å²) in [6.07, 6.45) is 6.61. The van der Waals surface area contributed by atoms with Gasteiger partial charge in [-0.25, -0.2) is 9.50 Å². The number of piperidine rings is 1. The van der Waals surface area contributed by atoms with Gasteiger partial charge in [0.15, 0.2) is 11.5 Å². The molecule has 0 aromatic carbocycles. The van der Waals surface area contributed by atoms with Gasteiger partial charge < -0.3 is 10.6 Å². The second kappa shape index (κ2) is 4.57. The fourth-order valence-electron chi connectivity index (χ4n) is 2.64. The third-order valence-electron chi connectivity index (χ3n) is 3.74. The molecule has 1 unspecified atom stereocenters. The number of likely N-dealkylation sites (tertiary alicyclic amines) is 1. The molecule has 2 aromatic heterocycles. The molecule has 0 amide bonds. The predicted octanol–water partition coefficient (Wildman–Crippen LogP) is 1.34. The number of hydrogen-bond acceptors (Lipinski definition) is 4. The zero-order chi connectivity index (χ0) is 12.5. The first-order valence-corrected chi connectivity index (χ1v) is 6.53. The lowest BCUT2D eigenvalue weighted by molar-refractivity contribution is 0.182. The van der Waals surface area contributed by atoms with Gasteiger partial charge in [0.1, 0.15) is 0 Å². The van der Waals surface area contributed by atoms with E-state index < -0.39 is 0 Å². The number of nitrogens with zero attached hydrogens (tertiary/aromatic N) is 4. The smallest absolute Gasteiger partial charge is 0.155 e. The number of likely N-dealkylation sites (N-methyl/N-ethyl adjacent to an activating group) is 1. The van der Waals surface area contributed by atoms with Crippen LogP contribution in [0.4, 0.5) is 5.69 Å². The number of nitrogen functional groups attached to an aromatic ring is 1. The van der Waals surface area contributed by atoms with Gasteiger partial charge in [-0.15, -0.1) is 0 Å². The standard InChI is InChI=1S/C13H19N5/c1-17-7-3-2-4-11(17)8-12-15-13-6-5-10(14)9-18(13)16-12/h5-6,9,11H,2-4,7-8,14H2,1H3. The monoisotopic (exact) mass is 245 g/mol. The molecule has 1 aliphatic rings. The van der Waals surface area contributed by atoms with Crippen LogP contribution in [-0.2, 0) is 6.42 Å². The largest absolute Gasteiger partial charge is 0.397 e. The van der Waals surface area contributed by atoms with Crippen molar-refractivity contribution in [3.63, 3.8) is 0 Å². The molecule has 2 aromatic rings. The highest BCUT2D eigenvalue weighted by atomic mass is 15.3. The third kappa shape index (κ3) is 2.18. The fourth-order valence-corrected chi connectivity index (χ4v) is 2.64. The van der Waals surface area contributed by atoms with Crippen LogP contribution in [0.15, 0.2) is 18.3 Å². The Bertz CT molecular complexity index is 547. The van der Waals surface area contributed by atoms with E-state index in [0.717, 1.165) is 17.9 Å². The van der Waals surface area contributed by atoms with E-state index in [4.69, 9.17) is 5.73 Å². The maximum Gasteiger partial charge on any atom is 0.155 e. The van der Waals surface area contributed by atoms with Crippen molar-refractivity contribution in [3.8, 4) is 0 Å². The number of aromatic nitrogens is 3. The van der Waals surface area contributed by atoms with Gasteiger partial charge in [-0.1, -0.05) is 6.42 Å². The van der Waals surface area contributed by atoms with Crippen molar-refractivity contribution in [2.75, 3.05) is 19.3 Å². The molecule has 18 heavy (non-hydrogen) atoms. The molecule has 0 bridgehead atoms. The zero-order valence-electron chi connectivity index (χ0n) is 10.7. The van der Waals surface area contributed by atoms with Gasteiger partial charge in [-0.3, -0.25) is 0 Å². The summed E-state index contributed by atoms with van der Waals surface area (Å²) in [4.78, 5) is 6.97. The Morgan fingerprint density at radius 1 is 1.39 bits per heavy atom. The summed E-state index contributed by atoms with van der Waals surface area (Å²) in [5, 5.41) is 4.50. The Hall–Kier alpha value is -1.62. The maximum atomic E-state index is 5.74. The number of pyridine rings is 1. The minimum atomic E-state index is 0.577. The quantitative estimate of drug-likeness (QED) is 0.867.